The molecule has 0 saturated heterocycles. The molecule has 0 spiro atoms. The highest BCUT2D eigenvalue weighted by Gasteiger charge is 2.02. The summed E-state index contributed by atoms with van der Waals surface area (Å²) >= 11 is 0. The lowest BCUT2D eigenvalue weighted by atomic mass is 10.2. The predicted octanol–water partition coefficient (Wildman–Crippen LogP) is 1.46. The van der Waals surface area contributed by atoms with E-state index in [0.717, 1.165) is 13.1 Å². The monoisotopic (exact) mass is 158 g/mol. The summed E-state index contributed by atoms with van der Waals surface area (Å²) in [6, 6.07) is 0.312. The molecule has 0 amide bonds. The van der Waals surface area contributed by atoms with Gasteiger partial charge in [-0.15, -0.1) is 0 Å². The van der Waals surface area contributed by atoms with E-state index in [4.69, 9.17) is 5.73 Å². The van der Waals surface area contributed by atoms with Crippen molar-refractivity contribution in [2.75, 3.05) is 19.6 Å². The molecule has 1 atom stereocenters. The molecular weight excluding hydrogens is 136 g/mol. The molecule has 0 heterocycles. The Morgan fingerprint density at radius 1 is 1.36 bits per heavy atom. The van der Waals surface area contributed by atoms with Crippen LogP contribution in [0.2, 0.25) is 0 Å². The molecule has 11 heavy (non-hydrogen) atoms. The van der Waals surface area contributed by atoms with Crippen LogP contribution in [-0.2, 0) is 0 Å². The van der Waals surface area contributed by atoms with Gasteiger partial charge in [-0.25, -0.2) is 0 Å². The maximum Gasteiger partial charge on any atom is 0.0139 e. The van der Waals surface area contributed by atoms with Gasteiger partial charge in [0.05, 0.1) is 0 Å². The zero-order valence-electron chi connectivity index (χ0n) is 8.14. The zero-order valence-corrected chi connectivity index (χ0v) is 8.14. The van der Waals surface area contributed by atoms with Crippen LogP contribution in [0.5, 0.6) is 0 Å². The van der Waals surface area contributed by atoms with Gasteiger partial charge in [0.15, 0.2) is 0 Å². The van der Waals surface area contributed by atoms with Gasteiger partial charge in [-0.05, 0) is 26.4 Å². The maximum absolute atomic E-state index is 5.70. The fourth-order valence-electron chi connectivity index (χ4n) is 1.17. The van der Waals surface area contributed by atoms with Gasteiger partial charge >= 0.3 is 0 Å². The van der Waals surface area contributed by atoms with Crippen LogP contribution in [0.25, 0.3) is 0 Å². The highest BCUT2D eigenvalue weighted by atomic mass is 15.1. The zero-order chi connectivity index (χ0) is 8.69. The van der Waals surface area contributed by atoms with Crippen LogP contribution in [0.4, 0.5) is 0 Å². The average Bonchev–Trinajstić information content (AvgIpc) is 1.97. The topological polar surface area (TPSA) is 29.3 Å². The fraction of sp³-hybridized carbons (Fsp3) is 1.00. The molecule has 0 rings (SSSR count). The first-order chi connectivity index (χ1) is 5.20. The van der Waals surface area contributed by atoms with Gasteiger partial charge in [0.25, 0.3) is 0 Å². The van der Waals surface area contributed by atoms with Crippen LogP contribution >= 0.6 is 0 Å². The van der Waals surface area contributed by atoms with Crippen molar-refractivity contribution in [3.8, 4) is 0 Å². The molecule has 0 aromatic rings. The minimum atomic E-state index is 0.312. The molecule has 68 valence electrons. The van der Waals surface area contributed by atoms with Crippen molar-refractivity contribution >= 4 is 0 Å². The number of likely N-dealkylation sites (N-methyl/N-ethyl adjacent to an activating group) is 1. The van der Waals surface area contributed by atoms with E-state index in [1.165, 1.54) is 19.4 Å². The van der Waals surface area contributed by atoms with Gasteiger partial charge < -0.3 is 10.6 Å². The number of nitrogens with two attached hydrogens (primary N) is 1. The molecule has 0 radical (unpaired) electrons. The van der Waals surface area contributed by atoms with E-state index < -0.39 is 0 Å². The SMILES string of the molecule is CCCCN(CC)C[C@@H](C)N. The molecule has 0 saturated carbocycles. The second-order valence-electron chi connectivity index (χ2n) is 3.22. The van der Waals surface area contributed by atoms with Gasteiger partial charge in [0, 0.05) is 12.6 Å². The van der Waals surface area contributed by atoms with Crippen molar-refractivity contribution in [1.82, 2.24) is 4.90 Å². The molecule has 0 aliphatic heterocycles. The second kappa shape index (κ2) is 6.62. The minimum Gasteiger partial charge on any atom is -0.327 e. The van der Waals surface area contributed by atoms with Gasteiger partial charge in [0.1, 0.15) is 0 Å². The number of hydrogen-bond donors (Lipinski definition) is 1. The van der Waals surface area contributed by atoms with E-state index in [1.807, 2.05) is 0 Å². The number of unbranched alkanes of at least 4 members (excludes halogenated alkanes) is 1. The summed E-state index contributed by atoms with van der Waals surface area (Å²) in [5.41, 5.74) is 5.70. The van der Waals surface area contributed by atoms with Gasteiger partial charge in [-0.3, -0.25) is 0 Å². The Morgan fingerprint density at radius 2 is 2.00 bits per heavy atom. The van der Waals surface area contributed by atoms with Gasteiger partial charge in [-0.2, -0.15) is 0 Å². The average molecular weight is 158 g/mol. The Morgan fingerprint density at radius 3 is 2.36 bits per heavy atom. The normalized spacial score (nSPS) is 13.9. The van der Waals surface area contributed by atoms with Crippen molar-refractivity contribution in [3.05, 3.63) is 0 Å². The summed E-state index contributed by atoms with van der Waals surface area (Å²) < 4.78 is 0. The lowest BCUT2D eigenvalue weighted by Crippen LogP contribution is -2.36. The Labute approximate surface area is 70.8 Å². The number of rotatable bonds is 6. The molecule has 0 aromatic carbocycles. The number of hydrogen-bond acceptors (Lipinski definition) is 2. The largest absolute Gasteiger partial charge is 0.327 e. The lowest BCUT2D eigenvalue weighted by Gasteiger charge is -2.21. The van der Waals surface area contributed by atoms with Crippen LogP contribution in [-0.4, -0.2) is 30.6 Å². The first-order valence-electron chi connectivity index (χ1n) is 4.68. The van der Waals surface area contributed by atoms with Gasteiger partial charge in [-0.1, -0.05) is 20.3 Å². The third-order valence-corrected chi connectivity index (χ3v) is 1.82. The van der Waals surface area contributed by atoms with E-state index in [0.29, 0.717) is 6.04 Å². The highest BCUT2D eigenvalue weighted by Crippen LogP contribution is 1.95. The summed E-state index contributed by atoms with van der Waals surface area (Å²) in [5.74, 6) is 0. The molecule has 2 nitrogen and oxygen atoms in total. The molecule has 2 heteroatoms. The summed E-state index contributed by atoms with van der Waals surface area (Å²) in [5, 5.41) is 0. The second-order valence-corrected chi connectivity index (χ2v) is 3.22. The molecule has 0 aliphatic rings. The lowest BCUT2D eigenvalue weighted by molar-refractivity contribution is 0.270. The molecule has 0 aliphatic carbocycles. The molecule has 2 N–H and O–H groups in total. The molecule has 0 unspecified atom stereocenters. The Bertz CT molecular complexity index is 81.6. The smallest absolute Gasteiger partial charge is 0.0139 e. The van der Waals surface area contributed by atoms with Crippen molar-refractivity contribution < 1.29 is 0 Å². The van der Waals surface area contributed by atoms with Crippen molar-refractivity contribution in [3.63, 3.8) is 0 Å². The standard InChI is InChI=1S/C9H22N2/c1-4-6-7-11(5-2)8-9(3)10/h9H,4-8,10H2,1-3H3/t9-/m1/s1. The predicted molar refractivity (Wildman–Crippen MR) is 50.7 cm³/mol. The van der Waals surface area contributed by atoms with E-state index in [2.05, 4.69) is 25.7 Å². The number of nitrogens with zero attached hydrogens (tertiary/aromatic N) is 1. The summed E-state index contributed by atoms with van der Waals surface area (Å²) in [6.45, 7) is 9.85. The van der Waals surface area contributed by atoms with E-state index in [1.54, 1.807) is 0 Å². The first-order valence-corrected chi connectivity index (χ1v) is 4.68. The van der Waals surface area contributed by atoms with Gasteiger partial charge in [0.2, 0.25) is 0 Å². The van der Waals surface area contributed by atoms with Crippen molar-refractivity contribution in [2.45, 2.75) is 39.7 Å². The van der Waals surface area contributed by atoms with Crippen molar-refractivity contribution in [1.29, 1.82) is 0 Å². The van der Waals surface area contributed by atoms with Crippen LogP contribution in [0, 0.1) is 0 Å². The Balaban J connectivity index is 3.41. The molecule has 0 aromatic heterocycles. The summed E-state index contributed by atoms with van der Waals surface area (Å²) in [6.07, 6.45) is 2.57. The van der Waals surface area contributed by atoms with Crippen molar-refractivity contribution in [2.24, 2.45) is 5.73 Å². The van der Waals surface area contributed by atoms with E-state index in [-0.39, 0.29) is 0 Å². The molecule has 0 fully saturated rings. The highest BCUT2D eigenvalue weighted by molar-refractivity contribution is 4.61. The van der Waals surface area contributed by atoms with E-state index in [9.17, 15) is 0 Å². The van der Waals surface area contributed by atoms with Crippen LogP contribution in [0.15, 0.2) is 0 Å². The van der Waals surface area contributed by atoms with Crippen LogP contribution in [0.3, 0.4) is 0 Å². The third-order valence-electron chi connectivity index (χ3n) is 1.82. The maximum atomic E-state index is 5.70. The Kier molecular flexibility index (Phi) is 6.57. The molecule has 0 bridgehead atoms. The van der Waals surface area contributed by atoms with Crippen LogP contribution < -0.4 is 5.73 Å². The summed E-state index contributed by atoms with van der Waals surface area (Å²) in [7, 11) is 0. The summed E-state index contributed by atoms with van der Waals surface area (Å²) in [4.78, 5) is 2.41. The minimum absolute atomic E-state index is 0.312. The fourth-order valence-corrected chi connectivity index (χ4v) is 1.17. The quantitative estimate of drug-likeness (QED) is 0.634. The first kappa shape index (κ1) is 10.9. The third kappa shape index (κ3) is 6.32. The molecular formula is C9H22N2. The van der Waals surface area contributed by atoms with Crippen LogP contribution in [0.1, 0.15) is 33.6 Å². The Hall–Kier alpha value is -0.0800. The van der Waals surface area contributed by atoms with E-state index >= 15 is 0 Å².